The molecular formula is C5H14AlN. The van der Waals surface area contributed by atoms with Gasteiger partial charge < -0.3 is 4.90 Å². The van der Waals surface area contributed by atoms with Crippen molar-refractivity contribution in [3.63, 3.8) is 0 Å². The Morgan fingerprint density at radius 1 is 1.14 bits per heavy atom. The minimum absolute atomic E-state index is 0. The van der Waals surface area contributed by atoms with Crippen LogP contribution < -0.4 is 0 Å². The van der Waals surface area contributed by atoms with Crippen LogP contribution in [0.4, 0.5) is 0 Å². The first-order valence-corrected chi connectivity index (χ1v) is 2.58. The van der Waals surface area contributed by atoms with Crippen molar-refractivity contribution in [1.82, 2.24) is 4.90 Å². The maximum atomic E-state index is 2.36. The van der Waals surface area contributed by atoms with Crippen LogP contribution in [-0.4, -0.2) is 42.4 Å². The van der Waals surface area contributed by atoms with Gasteiger partial charge >= 0.3 is 0 Å². The van der Waals surface area contributed by atoms with Gasteiger partial charge in [-0.15, -0.1) is 0 Å². The summed E-state index contributed by atoms with van der Waals surface area (Å²) in [6, 6.07) is 0. The molecule has 0 radical (unpaired) electrons. The molecule has 1 heterocycles. The summed E-state index contributed by atoms with van der Waals surface area (Å²) in [7, 11) is 2.17. The number of nitrogens with zero attached hydrogens (tertiary/aromatic N) is 1. The molecule has 1 rings (SSSR count). The van der Waals surface area contributed by atoms with E-state index in [-0.39, 0.29) is 17.4 Å². The zero-order valence-corrected chi connectivity index (χ0v) is 4.28. The summed E-state index contributed by atoms with van der Waals surface area (Å²) < 4.78 is 0. The minimum Gasteiger partial charge on any atom is -0.306 e. The number of hydrogen-bond acceptors (Lipinski definition) is 1. The van der Waals surface area contributed by atoms with Gasteiger partial charge in [-0.05, 0) is 33.0 Å². The fraction of sp³-hybridized carbons (Fsp3) is 1.00. The smallest absolute Gasteiger partial charge is 0.187 e. The van der Waals surface area contributed by atoms with Crippen molar-refractivity contribution >= 4 is 17.4 Å². The lowest BCUT2D eigenvalue weighted by Crippen LogP contribution is -2.10. The first-order valence-electron chi connectivity index (χ1n) is 2.58. The highest BCUT2D eigenvalue weighted by molar-refractivity contribution is 5.75. The molecule has 0 aromatic heterocycles. The quantitative estimate of drug-likeness (QED) is 0.386. The summed E-state index contributed by atoms with van der Waals surface area (Å²) in [5.74, 6) is 0. The van der Waals surface area contributed by atoms with Gasteiger partial charge in [0, 0.05) is 0 Å². The number of hydrogen-bond donors (Lipinski definition) is 0. The maximum absolute atomic E-state index is 2.36. The molecular weight excluding hydrogens is 101 g/mol. The SMILES string of the molecule is CN1CCCC1.[AlH3]. The Morgan fingerprint density at radius 2 is 1.57 bits per heavy atom. The van der Waals surface area contributed by atoms with Gasteiger partial charge in [-0.25, -0.2) is 0 Å². The van der Waals surface area contributed by atoms with Crippen LogP contribution in [0.25, 0.3) is 0 Å². The summed E-state index contributed by atoms with van der Waals surface area (Å²) in [6.07, 6.45) is 2.83. The van der Waals surface area contributed by atoms with Crippen LogP contribution in [0.3, 0.4) is 0 Å². The van der Waals surface area contributed by atoms with Crippen molar-refractivity contribution < 1.29 is 0 Å². The van der Waals surface area contributed by atoms with E-state index in [1.807, 2.05) is 0 Å². The number of likely N-dealkylation sites (tertiary alicyclic amines) is 1. The summed E-state index contributed by atoms with van der Waals surface area (Å²) in [6.45, 7) is 2.64. The Kier molecular flexibility index (Phi) is 3.73. The molecule has 0 aliphatic carbocycles. The van der Waals surface area contributed by atoms with E-state index in [0.29, 0.717) is 0 Å². The predicted molar refractivity (Wildman–Crippen MR) is 36.7 cm³/mol. The lowest BCUT2D eigenvalue weighted by Gasteiger charge is -2.01. The zero-order chi connectivity index (χ0) is 4.41. The molecule has 0 amide bonds. The summed E-state index contributed by atoms with van der Waals surface area (Å²) in [5.41, 5.74) is 0. The molecule has 2 heteroatoms. The zero-order valence-electron chi connectivity index (χ0n) is 4.28. The third-order valence-corrected chi connectivity index (χ3v) is 1.33. The summed E-state index contributed by atoms with van der Waals surface area (Å²) in [5, 5.41) is 0. The largest absolute Gasteiger partial charge is 0.306 e. The van der Waals surface area contributed by atoms with Gasteiger partial charge in [-0.3, -0.25) is 0 Å². The molecule has 0 N–H and O–H groups in total. The topological polar surface area (TPSA) is 3.24 Å². The number of rotatable bonds is 0. The molecule has 0 unspecified atom stereocenters. The minimum atomic E-state index is 0. The Hall–Kier alpha value is 0.492. The van der Waals surface area contributed by atoms with Gasteiger partial charge in [0.1, 0.15) is 0 Å². The highest BCUT2D eigenvalue weighted by atomic mass is 27.0. The Morgan fingerprint density at radius 3 is 1.71 bits per heavy atom. The summed E-state index contributed by atoms with van der Waals surface area (Å²) in [4.78, 5) is 2.36. The molecule has 0 aromatic rings. The van der Waals surface area contributed by atoms with Crippen molar-refractivity contribution in [1.29, 1.82) is 0 Å². The molecule has 42 valence electrons. The van der Waals surface area contributed by atoms with Crippen molar-refractivity contribution in [2.75, 3.05) is 20.1 Å². The second-order valence-electron chi connectivity index (χ2n) is 2.01. The monoisotopic (exact) mass is 115 g/mol. The molecule has 0 spiro atoms. The fourth-order valence-electron chi connectivity index (χ4n) is 0.875. The predicted octanol–water partition coefficient (Wildman–Crippen LogP) is -0.472. The van der Waals surface area contributed by atoms with Gasteiger partial charge in [0.2, 0.25) is 0 Å². The lowest BCUT2D eigenvalue weighted by molar-refractivity contribution is 0.418. The molecule has 0 bridgehead atoms. The molecule has 1 saturated heterocycles. The highest BCUT2D eigenvalue weighted by Crippen LogP contribution is 2.01. The molecule has 0 atom stereocenters. The molecule has 1 nitrogen and oxygen atoms in total. The lowest BCUT2D eigenvalue weighted by atomic mass is 10.4. The standard InChI is InChI=1S/C5H11N.Al.3H/c1-6-4-2-3-5-6;;;;/h2-5H2,1H3;;;;. The van der Waals surface area contributed by atoms with E-state index in [0.717, 1.165) is 0 Å². The van der Waals surface area contributed by atoms with E-state index >= 15 is 0 Å². The molecule has 1 aliphatic rings. The van der Waals surface area contributed by atoms with Gasteiger partial charge in [-0.2, -0.15) is 0 Å². The summed E-state index contributed by atoms with van der Waals surface area (Å²) >= 11 is 0. The second kappa shape index (κ2) is 3.49. The molecule has 0 aromatic carbocycles. The molecule has 0 saturated carbocycles. The maximum Gasteiger partial charge on any atom is 0.187 e. The van der Waals surface area contributed by atoms with Gasteiger partial charge in [0.15, 0.2) is 17.4 Å². The van der Waals surface area contributed by atoms with Gasteiger partial charge in [-0.1, -0.05) is 0 Å². The van der Waals surface area contributed by atoms with Crippen LogP contribution in [0.1, 0.15) is 12.8 Å². The molecule has 7 heavy (non-hydrogen) atoms. The third kappa shape index (κ3) is 2.33. The van der Waals surface area contributed by atoms with Gasteiger partial charge in [0.25, 0.3) is 0 Å². The fourth-order valence-corrected chi connectivity index (χ4v) is 0.875. The van der Waals surface area contributed by atoms with Crippen molar-refractivity contribution in [2.45, 2.75) is 12.8 Å². The molecule has 1 aliphatic heterocycles. The Balaban J connectivity index is 0.000000360. The van der Waals surface area contributed by atoms with E-state index in [1.54, 1.807) is 0 Å². The van der Waals surface area contributed by atoms with E-state index in [1.165, 1.54) is 25.9 Å². The van der Waals surface area contributed by atoms with Crippen LogP contribution in [-0.2, 0) is 0 Å². The Labute approximate surface area is 55.8 Å². The normalized spacial score (nSPS) is 21.9. The average Bonchev–Trinajstić information content (AvgIpc) is 1.86. The third-order valence-electron chi connectivity index (χ3n) is 1.33. The van der Waals surface area contributed by atoms with Crippen LogP contribution >= 0.6 is 0 Å². The second-order valence-corrected chi connectivity index (χ2v) is 2.01. The first kappa shape index (κ1) is 7.49. The van der Waals surface area contributed by atoms with Gasteiger partial charge in [0.05, 0.1) is 0 Å². The van der Waals surface area contributed by atoms with Crippen molar-refractivity contribution in [3.8, 4) is 0 Å². The average molecular weight is 115 g/mol. The van der Waals surface area contributed by atoms with Crippen LogP contribution in [0, 0.1) is 0 Å². The van der Waals surface area contributed by atoms with Crippen LogP contribution in [0.5, 0.6) is 0 Å². The van der Waals surface area contributed by atoms with E-state index < -0.39 is 0 Å². The molecule has 1 fully saturated rings. The van der Waals surface area contributed by atoms with Crippen molar-refractivity contribution in [3.05, 3.63) is 0 Å². The first-order chi connectivity index (χ1) is 2.89. The Bertz CT molecular complexity index is 41.3. The highest BCUT2D eigenvalue weighted by Gasteiger charge is 2.03. The van der Waals surface area contributed by atoms with E-state index in [4.69, 9.17) is 0 Å². The van der Waals surface area contributed by atoms with E-state index in [9.17, 15) is 0 Å². The van der Waals surface area contributed by atoms with Crippen LogP contribution in [0.15, 0.2) is 0 Å². The van der Waals surface area contributed by atoms with Crippen LogP contribution in [0.2, 0.25) is 0 Å². The van der Waals surface area contributed by atoms with E-state index in [2.05, 4.69) is 11.9 Å². The van der Waals surface area contributed by atoms with Crippen molar-refractivity contribution in [2.24, 2.45) is 0 Å².